The van der Waals surface area contributed by atoms with E-state index in [1.165, 1.54) is 7.11 Å². The summed E-state index contributed by atoms with van der Waals surface area (Å²) in [5.74, 6) is -0.739. The Kier molecular flexibility index (Phi) is 5.19. The largest absolute Gasteiger partial charge is 0.497 e. The van der Waals surface area contributed by atoms with Crippen molar-refractivity contribution >= 4 is 29.1 Å². The van der Waals surface area contributed by atoms with Crippen LogP contribution in [-0.4, -0.2) is 35.4 Å². The Labute approximate surface area is 150 Å². The van der Waals surface area contributed by atoms with E-state index in [1.807, 2.05) is 12.1 Å². The van der Waals surface area contributed by atoms with Gasteiger partial charge in [-0.2, -0.15) is 0 Å². The van der Waals surface area contributed by atoms with E-state index in [2.05, 4.69) is 10.3 Å². The highest BCUT2D eigenvalue weighted by molar-refractivity contribution is 6.41. The third-order valence-electron chi connectivity index (χ3n) is 4.22. The summed E-state index contributed by atoms with van der Waals surface area (Å²) in [6, 6.07) is 8.50. The average molecular weight is 360 g/mol. The second-order valence-corrected chi connectivity index (χ2v) is 6.14. The highest BCUT2D eigenvalue weighted by atomic mass is 35.5. The maximum absolute atomic E-state index is 12.6. The maximum atomic E-state index is 12.6. The number of benzene rings is 1. The number of ether oxygens (including phenoxy) is 1. The summed E-state index contributed by atoms with van der Waals surface area (Å²) in [6.45, 7) is 0.547. The van der Waals surface area contributed by atoms with Crippen molar-refractivity contribution in [2.75, 3.05) is 19.0 Å². The molecule has 7 heteroatoms. The van der Waals surface area contributed by atoms with Crippen molar-refractivity contribution in [1.29, 1.82) is 0 Å². The van der Waals surface area contributed by atoms with Crippen LogP contribution < -0.4 is 10.1 Å². The summed E-state index contributed by atoms with van der Waals surface area (Å²) < 4.78 is 5.12. The van der Waals surface area contributed by atoms with Gasteiger partial charge in [-0.05, 0) is 42.7 Å². The van der Waals surface area contributed by atoms with Crippen LogP contribution in [0.4, 0.5) is 5.69 Å². The van der Waals surface area contributed by atoms with Gasteiger partial charge >= 0.3 is 11.8 Å². The molecule has 1 aromatic heterocycles. The van der Waals surface area contributed by atoms with E-state index in [4.69, 9.17) is 16.3 Å². The highest BCUT2D eigenvalue weighted by Gasteiger charge is 2.33. The number of hydrogen-bond donors (Lipinski definition) is 1. The lowest BCUT2D eigenvalue weighted by Gasteiger charge is -2.24. The average Bonchev–Trinajstić information content (AvgIpc) is 3.13. The van der Waals surface area contributed by atoms with Gasteiger partial charge in [0.2, 0.25) is 0 Å². The van der Waals surface area contributed by atoms with Crippen LogP contribution in [0.3, 0.4) is 0 Å². The van der Waals surface area contributed by atoms with Gasteiger partial charge in [0.15, 0.2) is 0 Å². The van der Waals surface area contributed by atoms with Crippen molar-refractivity contribution in [3.8, 4) is 5.75 Å². The van der Waals surface area contributed by atoms with Crippen molar-refractivity contribution in [2.45, 2.75) is 18.9 Å². The number of pyridine rings is 1. The lowest BCUT2D eigenvalue weighted by molar-refractivity contribution is -0.143. The van der Waals surface area contributed by atoms with Crippen molar-refractivity contribution < 1.29 is 14.3 Å². The van der Waals surface area contributed by atoms with E-state index in [0.29, 0.717) is 23.0 Å². The molecule has 0 bridgehead atoms. The molecule has 1 saturated heterocycles. The third-order valence-corrected chi connectivity index (χ3v) is 4.55. The molecule has 130 valence electrons. The second kappa shape index (κ2) is 7.53. The van der Waals surface area contributed by atoms with Crippen LogP contribution in [0.25, 0.3) is 0 Å². The molecule has 3 rings (SSSR count). The van der Waals surface area contributed by atoms with Gasteiger partial charge in [0, 0.05) is 25.0 Å². The molecule has 0 aliphatic carbocycles. The Bertz CT molecular complexity index is 782. The Morgan fingerprint density at radius 1 is 1.28 bits per heavy atom. The Morgan fingerprint density at radius 3 is 2.76 bits per heavy atom. The summed E-state index contributed by atoms with van der Waals surface area (Å²) in [5, 5.41) is 2.92. The fourth-order valence-electron chi connectivity index (χ4n) is 2.98. The van der Waals surface area contributed by atoms with Crippen LogP contribution in [0.2, 0.25) is 5.02 Å². The number of amides is 2. The smallest absolute Gasteiger partial charge is 0.313 e. The SMILES string of the molecule is COc1ccc(Cl)c(NC(=O)C(=O)N2CCCC2c2ccncc2)c1. The highest BCUT2D eigenvalue weighted by Crippen LogP contribution is 2.32. The molecule has 0 saturated carbocycles. The monoisotopic (exact) mass is 359 g/mol. The molecular weight excluding hydrogens is 342 g/mol. The lowest BCUT2D eigenvalue weighted by atomic mass is 10.1. The number of halogens is 1. The molecule has 1 aliphatic rings. The molecule has 1 aliphatic heterocycles. The van der Waals surface area contributed by atoms with Gasteiger partial charge in [0.25, 0.3) is 0 Å². The maximum Gasteiger partial charge on any atom is 0.313 e. The minimum absolute atomic E-state index is 0.109. The van der Waals surface area contributed by atoms with Crippen molar-refractivity contribution in [3.63, 3.8) is 0 Å². The van der Waals surface area contributed by atoms with Gasteiger partial charge in [-0.15, -0.1) is 0 Å². The fraction of sp³-hybridized carbons (Fsp3) is 0.278. The van der Waals surface area contributed by atoms with Gasteiger partial charge in [0.05, 0.1) is 23.9 Å². The van der Waals surface area contributed by atoms with Crippen LogP contribution in [0.5, 0.6) is 5.75 Å². The van der Waals surface area contributed by atoms with Crippen LogP contribution in [0.1, 0.15) is 24.4 Å². The predicted octanol–water partition coefficient (Wildman–Crippen LogP) is 3.05. The molecule has 1 N–H and O–H groups in total. The topological polar surface area (TPSA) is 71.5 Å². The Morgan fingerprint density at radius 2 is 2.04 bits per heavy atom. The molecule has 1 unspecified atom stereocenters. The molecule has 2 heterocycles. The van der Waals surface area contributed by atoms with Gasteiger partial charge in [-0.1, -0.05) is 11.6 Å². The minimum Gasteiger partial charge on any atom is -0.497 e. The van der Waals surface area contributed by atoms with E-state index in [9.17, 15) is 9.59 Å². The van der Waals surface area contributed by atoms with Crippen molar-refractivity contribution in [3.05, 3.63) is 53.3 Å². The Balaban J connectivity index is 1.75. The zero-order valence-corrected chi connectivity index (χ0v) is 14.5. The summed E-state index contributed by atoms with van der Waals surface area (Å²) >= 11 is 6.08. The zero-order valence-electron chi connectivity index (χ0n) is 13.7. The van der Waals surface area contributed by atoms with E-state index in [1.54, 1.807) is 35.5 Å². The van der Waals surface area contributed by atoms with E-state index >= 15 is 0 Å². The second-order valence-electron chi connectivity index (χ2n) is 5.74. The van der Waals surface area contributed by atoms with Gasteiger partial charge in [-0.3, -0.25) is 14.6 Å². The number of likely N-dealkylation sites (tertiary alicyclic amines) is 1. The van der Waals surface area contributed by atoms with Crippen LogP contribution in [0.15, 0.2) is 42.7 Å². The predicted molar refractivity (Wildman–Crippen MR) is 94.6 cm³/mol. The standard InChI is InChI=1S/C18H18ClN3O3/c1-25-13-4-5-14(19)15(11-13)21-17(23)18(24)22-10-2-3-16(22)12-6-8-20-9-7-12/h4-9,11,16H,2-3,10H2,1H3,(H,21,23). The molecule has 6 nitrogen and oxygen atoms in total. The summed E-state index contributed by atoms with van der Waals surface area (Å²) in [6.07, 6.45) is 5.05. The number of carbonyl (C=O) groups excluding carboxylic acids is 2. The third kappa shape index (κ3) is 3.74. The lowest BCUT2D eigenvalue weighted by Crippen LogP contribution is -2.39. The number of nitrogens with one attached hydrogen (secondary N) is 1. The fourth-order valence-corrected chi connectivity index (χ4v) is 3.14. The number of hydrogen-bond acceptors (Lipinski definition) is 4. The van der Waals surface area contributed by atoms with Crippen LogP contribution in [0, 0.1) is 0 Å². The molecule has 1 aromatic carbocycles. The summed E-state index contributed by atoms with van der Waals surface area (Å²) in [7, 11) is 1.52. The number of nitrogens with zero attached hydrogens (tertiary/aromatic N) is 2. The first-order valence-electron chi connectivity index (χ1n) is 7.95. The van der Waals surface area contributed by atoms with E-state index < -0.39 is 11.8 Å². The first-order valence-corrected chi connectivity index (χ1v) is 8.33. The molecule has 1 fully saturated rings. The van der Waals surface area contributed by atoms with Crippen LogP contribution in [-0.2, 0) is 9.59 Å². The number of aromatic nitrogens is 1. The number of anilines is 1. The number of rotatable bonds is 3. The molecular formula is C18H18ClN3O3. The Hall–Kier alpha value is -2.60. The minimum atomic E-state index is -0.712. The molecule has 2 amide bonds. The molecule has 1 atom stereocenters. The zero-order chi connectivity index (χ0) is 17.8. The van der Waals surface area contributed by atoms with Gasteiger partial charge < -0.3 is 15.0 Å². The number of carbonyl (C=O) groups is 2. The summed E-state index contributed by atoms with van der Waals surface area (Å²) in [4.78, 5) is 30.6. The van der Waals surface area contributed by atoms with Gasteiger partial charge in [-0.25, -0.2) is 0 Å². The van der Waals surface area contributed by atoms with Crippen molar-refractivity contribution in [1.82, 2.24) is 9.88 Å². The molecule has 0 radical (unpaired) electrons. The van der Waals surface area contributed by atoms with Crippen molar-refractivity contribution in [2.24, 2.45) is 0 Å². The van der Waals surface area contributed by atoms with Gasteiger partial charge in [0.1, 0.15) is 5.75 Å². The summed E-state index contributed by atoms with van der Waals surface area (Å²) in [5.41, 5.74) is 1.33. The quantitative estimate of drug-likeness (QED) is 0.855. The van der Waals surface area contributed by atoms with Crippen LogP contribution >= 0.6 is 11.6 Å². The number of methoxy groups -OCH3 is 1. The molecule has 25 heavy (non-hydrogen) atoms. The first kappa shape index (κ1) is 17.2. The van der Waals surface area contributed by atoms with E-state index in [0.717, 1.165) is 18.4 Å². The normalized spacial score (nSPS) is 16.6. The molecule has 2 aromatic rings. The first-order chi connectivity index (χ1) is 12.1. The van der Waals surface area contributed by atoms with E-state index in [-0.39, 0.29) is 6.04 Å². The molecule has 0 spiro atoms.